The molecule has 0 amide bonds. The third-order valence-electron chi connectivity index (χ3n) is 4.44. The fourth-order valence-corrected chi connectivity index (χ4v) is 3.16. The van der Waals surface area contributed by atoms with E-state index in [0.717, 1.165) is 12.1 Å². The molecule has 1 aliphatic rings. The van der Waals surface area contributed by atoms with Crippen LogP contribution in [0, 0.1) is 0 Å². The zero-order chi connectivity index (χ0) is 21.4. The first kappa shape index (κ1) is 20.6. The maximum absolute atomic E-state index is 13.5. The number of rotatable bonds is 2. The van der Waals surface area contributed by atoms with Crippen LogP contribution in [0.4, 0.5) is 32.0 Å². The fourth-order valence-electron chi connectivity index (χ4n) is 3.16. The predicted octanol–water partition coefficient (Wildman–Crippen LogP) is 6.02. The number of hydrogen-bond acceptors (Lipinski definition) is 2. The molecule has 29 heavy (non-hydrogen) atoms. The SMILES string of the molecule is NC1=CC=C(c2ccc(N)cc2C(F)(F)F)C(=Cc2ccccc2C(F)(F)F)C1. The van der Waals surface area contributed by atoms with Crippen LogP contribution in [-0.4, -0.2) is 0 Å². The van der Waals surface area contributed by atoms with Gasteiger partial charge in [0.25, 0.3) is 0 Å². The molecule has 0 bridgehead atoms. The van der Waals surface area contributed by atoms with E-state index in [2.05, 4.69) is 0 Å². The van der Waals surface area contributed by atoms with Crippen molar-refractivity contribution >= 4 is 17.3 Å². The first-order chi connectivity index (χ1) is 13.5. The van der Waals surface area contributed by atoms with Gasteiger partial charge in [0, 0.05) is 17.8 Å². The zero-order valence-corrected chi connectivity index (χ0v) is 14.9. The molecule has 0 spiro atoms. The number of benzene rings is 2. The Balaban J connectivity index is 2.20. The van der Waals surface area contributed by atoms with E-state index >= 15 is 0 Å². The highest BCUT2D eigenvalue weighted by molar-refractivity contribution is 5.89. The Bertz CT molecular complexity index is 1030. The maximum atomic E-state index is 13.5. The second-order valence-electron chi connectivity index (χ2n) is 6.56. The smallest absolute Gasteiger partial charge is 0.402 e. The summed E-state index contributed by atoms with van der Waals surface area (Å²) in [4.78, 5) is 0. The third kappa shape index (κ3) is 4.47. The summed E-state index contributed by atoms with van der Waals surface area (Å²) in [5, 5.41) is 0. The number of nitrogen functional groups attached to an aromatic ring is 1. The first-order valence-corrected chi connectivity index (χ1v) is 8.47. The summed E-state index contributed by atoms with van der Waals surface area (Å²) >= 11 is 0. The van der Waals surface area contributed by atoms with Gasteiger partial charge in [-0.3, -0.25) is 0 Å². The molecule has 0 aliphatic heterocycles. The van der Waals surface area contributed by atoms with Gasteiger partial charge in [0.05, 0.1) is 11.1 Å². The van der Waals surface area contributed by atoms with Crippen molar-refractivity contribution in [1.29, 1.82) is 0 Å². The first-order valence-electron chi connectivity index (χ1n) is 8.47. The van der Waals surface area contributed by atoms with Crippen LogP contribution < -0.4 is 11.5 Å². The Morgan fingerprint density at radius 2 is 1.45 bits per heavy atom. The number of alkyl halides is 6. The summed E-state index contributed by atoms with van der Waals surface area (Å²) < 4.78 is 80.6. The van der Waals surface area contributed by atoms with Crippen LogP contribution in [-0.2, 0) is 12.4 Å². The minimum atomic E-state index is -4.69. The highest BCUT2D eigenvalue weighted by Gasteiger charge is 2.36. The highest BCUT2D eigenvalue weighted by Crippen LogP contribution is 2.42. The molecule has 0 aromatic heterocycles. The van der Waals surface area contributed by atoms with Gasteiger partial charge < -0.3 is 11.5 Å². The number of hydrogen-bond donors (Lipinski definition) is 2. The molecule has 2 aromatic rings. The van der Waals surface area contributed by atoms with Crippen LogP contribution in [0.15, 0.2) is 65.9 Å². The van der Waals surface area contributed by atoms with E-state index in [9.17, 15) is 26.3 Å². The van der Waals surface area contributed by atoms with E-state index in [-0.39, 0.29) is 34.4 Å². The molecule has 152 valence electrons. The van der Waals surface area contributed by atoms with E-state index in [1.165, 1.54) is 48.6 Å². The Morgan fingerprint density at radius 3 is 2.10 bits per heavy atom. The number of nitrogens with two attached hydrogens (primary N) is 2. The number of allylic oxidation sites excluding steroid dienone is 4. The van der Waals surface area contributed by atoms with Crippen LogP contribution >= 0.6 is 0 Å². The fraction of sp³-hybridized carbons (Fsp3) is 0.143. The predicted molar refractivity (Wildman–Crippen MR) is 100 cm³/mol. The minimum Gasteiger partial charge on any atom is -0.402 e. The van der Waals surface area contributed by atoms with Crippen molar-refractivity contribution in [3.05, 3.63) is 88.1 Å². The van der Waals surface area contributed by atoms with Gasteiger partial charge in [-0.2, -0.15) is 26.3 Å². The van der Waals surface area contributed by atoms with Crippen molar-refractivity contribution in [1.82, 2.24) is 0 Å². The molecule has 1 aliphatic carbocycles. The van der Waals surface area contributed by atoms with Gasteiger partial charge in [-0.15, -0.1) is 0 Å². The zero-order valence-electron chi connectivity index (χ0n) is 14.9. The molecule has 0 fully saturated rings. The normalized spacial score (nSPS) is 16.6. The molecule has 0 radical (unpaired) electrons. The monoisotopic (exact) mass is 410 g/mol. The summed E-state index contributed by atoms with van der Waals surface area (Å²) in [5.74, 6) is 0. The average molecular weight is 410 g/mol. The molecule has 0 saturated carbocycles. The van der Waals surface area contributed by atoms with Crippen LogP contribution in [0.2, 0.25) is 0 Å². The molecule has 2 nitrogen and oxygen atoms in total. The van der Waals surface area contributed by atoms with Crippen molar-refractivity contribution in [3.63, 3.8) is 0 Å². The molecule has 0 heterocycles. The summed E-state index contributed by atoms with van der Waals surface area (Å²) in [6, 6.07) is 8.18. The van der Waals surface area contributed by atoms with Crippen LogP contribution in [0.25, 0.3) is 11.6 Å². The van der Waals surface area contributed by atoms with E-state index in [1.54, 1.807) is 0 Å². The molecule has 8 heteroatoms. The van der Waals surface area contributed by atoms with Crippen LogP contribution in [0.5, 0.6) is 0 Å². The largest absolute Gasteiger partial charge is 0.417 e. The van der Waals surface area contributed by atoms with Gasteiger partial charge in [-0.25, -0.2) is 0 Å². The van der Waals surface area contributed by atoms with Gasteiger partial charge >= 0.3 is 12.4 Å². The Morgan fingerprint density at radius 1 is 0.793 bits per heavy atom. The van der Waals surface area contributed by atoms with Gasteiger partial charge in [-0.1, -0.05) is 36.4 Å². The molecule has 0 saturated heterocycles. The third-order valence-corrected chi connectivity index (χ3v) is 4.44. The molecule has 3 rings (SSSR count). The Kier molecular flexibility index (Phi) is 5.21. The van der Waals surface area contributed by atoms with Crippen molar-refractivity contribution in [3.8, 4) is 0 Å². The molecule has 2 aromatic carbocycles. The maximum Gasteiger partial charge on any atom is 0.417 e. The summed E-state index contributed by atoms with van der Waals surface area (Å²) in [5.41, 5.74) is 9.79. The average Bonchev–Trinajstić information content (AvgIpc) is 2.61. The molecule has 4 N–H and O–H groups in total. The summed E-state index contributed by atoms with van der Waals surface area (Å²) in [6.45, 7) is 0. The van der Waals surface area contributed by atoms with Gasteiger partial charge in [0.1, 0.15) is 0 Å². The second kappa shape index (κ2) is 7.35. The van der Waals surface area contributed by atoms with Gasteiger partial charge in [0.15, 0.2) is 0 Å². The quantitative estimate of drug-likeness (QED) is 0.470. The summed E-state index contributed by atoms with van der Waals surface area (Å²) in [7, 11) is 0. The van der Waals surface area contributed by atoms with Crippen LogP contribution in [0.3, 0.4) is 0 Å². The van der Waals surface area contributed by atoms with Crippen molar-refractivity contribution < 1.29 is 26.3 Å². The van der Waals surface area contributed by atoms with E-state index < -0.39 is 23.5 Å². The molecule has 0 atom stereocenters. The minimum absolute atomic E-state index is 0.0136. The molecule has 0 unspecified atom stereocenters. The molecular formula is C21H16F6N2. The Hall–Kier alpha value is -3.16. The number of anilines is 1. The highest BCUT2D eigenvalue weighted by atomic mass is 19.4. The summed E-state index contributed by atoms with van der Waals surface area (Å²) in [6.07, 6.45) is -5.23. The lowest BCUT2D eigenvalue weighted by molar-refractivity contribution is -0.138. The topological polar surface area (TPSA) is 52.0 Å². The van der Waals surface area contributed by atoms with E-state index in [0.29, 0.717) is 5.70 Å². The lowest BCUT2D eigenvalue weighted by Crippen LogP contribution is -2.12. The van der Waals surface area contributed by atoms with Gasteiger partial charge in [-0.05, 0) is 46.5 Å². The molecular weight excluding hydrogens is 394 g/mol. The standard InChI is InChI=1S/C21H16F6N2/c22-20(23,24)18-4-2-1-3-12(18)9-13-10-14(28)5-7-16(13)17-8-6-15(29)11-19(17)21(25,26)27/h1-9,11H,10,28-29H2. The van der Waals surface area contributed by atoms with Crippen molar-refractivity contribution in [2.45, 2.75) is 18.8 Å². The lowest BCUT2D eigenvalue weighted by Gasteiger charge is -2.21. The van der Waals surface area contributed by atoms with Crippen molar-refractivity contribution in [2.24, 2.45) is 5.73 Å². The van der Waals surface area contributed by atoms with Crippen LogP contribution in [0.1, 0.15) is 28.7 Å². The second-order valence-corrected chi connectivity index (χ2v) is 6.56. The lowest BCUT2D eigenvalue weighted by atomic mass is 9.86. The van der Waals surface area contributed by atoms with E-state index in [1.807, 2.05) is 0 Å². The number of halogens is 6. The Labute approximate surface area is 162 Å². The van der Waals surface area contributed by atoms with E-state index in [4.69, 9.17) is 11.5 Å². The van der Waals surface area contributed by atoms with Crippen molar-refractivity contribution in [2.75, 3.05) is 5.73 Å². The van der Waals surface area contributed by atoms with Gasteiger partial charge in [0.2, 0.25) is 0 Å².